The van der Waals surface area contributed by atoms with Gasteiger partial charge in [0.1, 0.15) is 6.10 Å². The van der Waals surface area contributed by atoms with Crippen molar-refractivity contribution < 1.29 is 43.7 Å². The Morgan fingerprint density at radius 3 is 0.762 bits per heavy atom. The van der Waals surface area contributed by atoms with Crippen LogP contribution in [-0.4, -0.2) is 89.3 Å². The van der Waals surface area contributed by atoms with E-state index in [4.69, 9.17) is 30.0 Å². The molecule has 0 saturated heterocycles. The molecule has 9 nitrogen and oxygen atoms in total. The van der Waals surface area contributed by atoms with Gasteiger partial charge < -0.3 is 30.0 Å². The fourth-order valence-electron chi connectivity index (χ4n) is 0.0577. The van der Waals surface area contributed by atoms with E-state index >= 15 is 0 Å². The van der Waals surface area contributed by atoms with E-state index in [-0.39, 0.29) is 13.2 Å². The monoisotopic (exact) mass is 374 g/mol. The molecule has 0 aromatic heterocycles. The molecule has 0 heterocycles. The third-order valence-corrected chi connectivity index (χ3v) is 0.421. The van der Waals surface area contributed by atoms with Crippen LogP contribution >= 0.6 is 22.1 Å². The first-order chi connectivity index (χ1) is 8.81. The van der Waals surface area contributed by atoms with Gasteiger partial charge in [0.25, 0.3) is 0 Å². The molecular formula is C9H29O9P3. The molecule has 0 aliphatic heterocycles. The van der Waals surface area contributed by atoms with Crippen LogP contribution < -0.4 is 0 Å². The summed E-state index contributed by atoms with van der Waals surface area (Å²) in [4.78, 5) is 24.2. The molecule has 0 spiro atoms. The molecule has 134 valence electrons. The summed E-state index contributed by atoms with van der Waals surface area (Å²) in [6.45, 7) is 7.06. The third-order valence-electron chi connectivity index (χ3n) is 0.421. The highest BCUT2D eigenvalue weighted by molar-refractivity contribution is 7.56. The number of aliphatic hydroxyl groups excluding tert-OH is 3. The standard InChI is InChI=1S/C3H8O3.3C2H7O2P/c4-1-3(6)2-5;3*1-5(2,3)4/h3-6H,1-2H2;3*1-2H3,(H,3,4). The van der Waals surface area contributed by atoms with Crippen LogP contribution in [0.2, 0.25) is 0 Å². The number of aliphatic hydroxyl groups is 3. The first-order valence-electron chi connectivity index (χ1n) is 5.54. The van der Waals surface area contributed by atoms with Gasteiger partial charge in [-0.2, -0.15) is 0 Å². The van der Waals surface area contributed by atoms with Crippen LogP contribution in [0.25, 0.3) is 0 Å². The summed E-state index contributed by atoms with van der Waals surface area (Å²) >= 11 is 0. The molecule has 0 aliphatic rings. The quantitative estimate of drug-likeness (QED) is 0.360. The van der Waals surface area contributed by atoms with E-state index < -0.39 is 28.2 Å². The predicted molar refractivity (Wildman–Crippen MR) is 85.2 cm³/mol. The fourth-order valence-corrected chi connectivity index (χ4v) is 0.0577. The van der Waals surface area contributed by atoms with Crippen molar-refractivity contribution in [3.63, 3.8) is 0 Å². The van der Waals surface area contributed by atoms with Crippen LogP contribution in [0.15, 0.2) is 0 Å². The normalized spacial score (nSPS) is 11.3. The van der Waals surface area contributed by atoms with Crippen molar-refractivity contribution in [1.82, 2.24) is 0 Å². The topological polar surface area (TPSA) is 173 Å². The SMILES string of the molecule is CP(C)(=O)O.CP(C)(=O)O.CP(C)(=O)O.OCC(O)CO. The van der Waals surface area contributed by atoms with E-state index in [1.807, 2.05) is 0 Å². The average molecular weight is 374 g/mol. The van der Waals surface area contributed by atoms with Crippen molar-refractivity contribution >= 4 is 22.1 Å². The van der Waals surface area contributed by atoms with Crippen molar-refractivity contribution in [3.05, 3.63) is 0 Å². The molecule has 0 aliphatic carbocycles. The van der Waals surface area contributed by atoms with Gasteiger partial charge in [0.05, 0.1) is 13.2 Å². The largest absolute Gasteiger partial charge is 0.394 e. The molecule has 0 unspecified atom stereocenters. The van der Waals surface area contributed by atoms with Crippen LogP contribution in [0.1, 0.15) is 0 Å². The minimum absolute atomic E-state index is 0.365. The van der Waals surface area contributed by atoms with Gasteiger partial charge >= 0.3 is 0 Å². The van der Waals surface area contributed by atoms with Gasteiger partial charge in [-0.1, -0.05) is 0 Å². The molecule has 0 radical (unpaired) electrons. The summed E-state index contributed by atoms with van der Waals surface area (Å²) in [5, 5.41) is 24.0. The van der Waals surface area contributed by atoms with Crippen molar-refractivity contribution in [2.45, 2.75) is 6.10 Å². The highest BCUT2D eigenvalue weighted by atomic mass is 31.2. The van der Waals surface area contributed by atoms with Gasteiger partial charge in [0, 0.05) is 40.0 Å². The molecule has 12 heteroatoms. The number of rotatable bonds is 2. The molecule has 0 fully saturated rings. The lowest BCUT2D eigenvalue weighted by Gasteiger charge is -1.96. The zero-order valence-electron chi connectivity index (χ0n) is 13.2. The molecule has 0 saturated carbocycles. The van der Waals surface area contributed by atoms with E-state index in [0.717, 1.165) is 0 Å². The van der Waals surface area contributed by atoms with Crippen molar-refractivity contribution in [3.8, 4) is 0 Å². The Morgan fingerprint density at radius 1 is 0.667 bits per heavy atom. The molecular weight excluding hydrogens is 345 g/mol. The van der Waals surface area contributed by atoms with Crippen LogP contribution in [-0.2, 0) is 13.7 Å². The van der Waals surface area contributed by atoms with E-state index in [9.17, 15) is 13.7 Å². The lowest BCUT2D eigenvalue weighted by molar-refractivity contribution is 0.0450. The minimum Gasteiger partial charge on any atom is -0.394 e. The zero-order chi connectivity index (χ0) is 18.5. The average Bonchev–Trinajstić information content (AvgIpc) is 2.08. The summed E-state index contributed by atoms with van der Waals surface area (Å²) in [7, 11) is -7.92. The molecule has 6 N–H and O–H groups in total. The summed E-state index contributed by atoms with van der Waals surface area (Å²) in [5.41, 5.74) is 0. The van der Waals surface area contributed by atoms with E-state index in [1.165, 1.54) is 40.0 Å². The first-order valence-corrected chi connectivity index (χ1v) is 13.2. The van der Waals surface area contributed by atoms with Crippen molar-refractivity contribution in [1.29, 1.82) is 0 Å². The predicted octanol–water partition coefficient (Wildman–Crippen LogP) is -0.119. The summed E-state index contributed by atoms with van der Waals surface area (Å²) in [6, 6.07) is 0. The maximum Gasteiger partial charge on any atom is 0.194 e. The van der Waals surface area contributed by atoms with E-state index in [1.54, 1.807) is 0 Å². The van der Waals surface area contributed by atoms with Gasteiger partial charge in [-0.15, -0.1) is 0 Å². The lowest BCUT2D eigenvalue weighted by atomic mass is 10.4. The Balaban J connectivity index is -0.0000000921. The fraction of sp³-hybridized carbons (Fsp3) is 1.00. The smallest absolute Gasteiger partial charge is 0.194 e. The molecule has 0 aromatic carbocycles. The van der Waals surface area contributed by atoms with Gasteiger partial charge in [0.2, 0.25) is 0 Å². The van der Waals surface area contributed by atoms with Gasteiger partial charge in [-0.25, -0.2) is 0 Å². The van der Waals surface area contributed by atoms with Crippen LogP contribution in [0, 0.1) is 0 Å². The minimum atomic E-state index is -2.64. The highest BCUT2D eigenvalue weighted by Gasteiger charge is 1.94. The molecule has 0 atom stereocenters. The summed E-state index contributed by atoms with van der Waals surface area (Å²) in [5.74, 6) is 0. The molecule has 0 bridgehead atoms. The summed E-state index contributed by atoms with van der Waals surface area (Å²) < 4.78 is 29.3. The van der Waals surface area contributed by atoms with Gasteiger partial charge in [-0.3, -0.25) is 13.7 Å². The second kappa shape index (κ2) is 14.1. The highest BCUT2D eigenvalue weighted by Crippen LogP contribution is 2.28. The second-order valence-electron chi connectivity index (χ2n) is 4.90. The summed E-state index contributed by atoms with van der Waals surface area (Å²) in [6.07, 6.45) is -0.954. The third kappa shape index (κ3) is 352. The second-order valence-corrected chi connectivity index (χ2v) is 12.7. The Bertz CT molecular complexity index is 277. The van der Waals surface area contributed by atoms with Crippen molar-refractivity contribution in [2.24, 2.45) is 0 Å². The molecule has 0 amide bonds. The Morgan fingerprint density at radius 2 is 0.762 bits per heavy atom. The Kier molecular flexibility index (Phi) is 19.7. The number of hydrogen-bond acceptors (Lipinski definition) is 6. The first kappa shape index (κ1) is 29.5. The van der Waals surface area contributed by atoms with Crippen LogP contribution in [0.3, 0.4) is 0 Å². The Hall–Kier alpha value is 0.450. The molecule has 0 aromatic rings. The van der Waals surface area contributed by atoms with Gasteiger partial charge in [0.15, 0.2) is 22.1 Å². The van der Waals surface area contributed by atoms with Gasteiger partial charge in [-0.05, 0) is 0 Å². The molecule has 0 rings (SSSR count). The number of hydrogen-bond donors (Lipinski definition) is 6. The van der Waals surface area contributed by atoms with Crippen LogP contribution in [0.4, 0.5) is 0 Å². The lowest BCUT2D eigenvalue weighted by Crippen LogP contribution is -2.15. The zero-order valence-corrected chi connectivity index (χ0v) is 15.9. The van der Waals surface area contributed by atoms with E-state index in [2.05, 4.69) is 0 Å². The molecule has 21 heavy (non-hydrogen) atoms. The maximum atomic E-state index is 9.77. The Labute approximate surface area is 126 Å². The van der Waals surface area contributed by atoms with Crippen molar-refractivity contribution in [2.75, 3.05) is 53.2 Å². The van der Waals surface area contributed by atoms with E-state index in [0.29, 0.717) is 0 Å². The maximum absolute atomic E-state index is 9.77. The van der Waals surface area contributed by atoms with Crippen LogP contribution in [0.5, 0.6) is 0 Å².